The summed E-state index contributed by atoms with van der Waals surface area (Å²) in [4.78, 5) is 10.4. The Morgan fingerprint density at radius 1 is 1.25 bits per heavy atom. The molecule has 0 aliphatic heterocycles. The minimum Gasteiger partial charge on any atom is -0.366 e. The number of allylic oxidation sites excluding steroid dienone is 2. The third kappa shape index (κ3) is 4.80. The topological polar surface area (TPSA) is 43.1 Å². The molecule has 3 heteroatoms. The fourth-order valence-corrected chi connectivity index (χ4v) is 1.44. The van der Waals surface area contributed by atoms with E-state index in [1.807, 2.05) is 30.3 Å². The van der Waals surface area contributed by atoms with Gasteiger partial charge in [0.15, 0.2) is 0 Å². The Hall–Kier alpha value is -1.54. The number of hydrogen-bond donors (Lipinski definition) is 1. The Morgan fingerprint density at radius 3 is 2.50 bits per heavy atom. The molecule has 2 nitrogen and oxygen atoms in total. The van der Waals surface area contributed by atoms with E-state index in [4.69, 9.17) is 17.3 Å². The van der Waals surface area contributed by atoms with Gasteiger partial charge in [-0.15, -0.1) is 11.6 Å². The van der Waals surface area contributed by atoms with Crippen molar-refractivity contribution in [3.8, 4) is 0 Å². The second kappa shape index (κ2) is 6.85. The molecule has 0 spiro atoms. The summed E-state index contributed by atoms with van der Waals surface area (Å²) in [7, 11) is 0. The van der Waals surface area contributed by atoms with E-state index in [2.05, 4.69) is 0 Å². The smallest absolute Gasteiger partial charge is 0.241 e. The molecule has 0 bridgehead atoms. The van der Waals surface area contributed by atoms with Crippen molar-refractivity contribution in [2.75, 3.05) is 5.88 Å². The standard InChI is InChI=1S/C13H14ClNO/c14-10-9-12-7-5-11(6-8-12)3-1-2-4-13(15)16/h1-8H,9-10H2,(H2,15,16). The van der Waals surface area contributed by atoms with Crippen molar-refractivity contribution in [2.45, 2.75) is 6.42 Å². The number of alkyl halides is 1. The second-order valence-corrected chi connectivity index (χ2v) is 3.68. The van der Waals surface area contributed by atoms with Crippen molar-refractivity contribution in [2.24, 2.45) is 5.73 Å². The molecule has 0 unspecified atom stereocenters. The molecule has 0 radical (unpaired) electrons. The Morgan fingerprint density at radius 2 is 1.94 bits per heavy atom. The second-order valence-electron chi connectivity index (χ2n) is 3.30. The number of primary amides is 1. The number of amides is 1. The zero-order chi connectivity index (χ0) is 11.8. The number of halogens is 1. The fourth-order valence-electron chi connectivity index (χ4n) is 1.22. The first-order valence-electron chi connectivity index (χ1n) is 5.01. The molecule has 0 saturated heterocycles. The number of nitrogens with two attached hydrogens (primary N) is 1. The van der Waals surface area contributed by atoms with E-state index in [0.29, 0.717) is 5.88 Å². The number of aryl methyl sites for hydroxylation is 1. The number of rotatable bonds is 5. The molecule has 1 aromatic rings. The van der Waals surface area contributed by atoms with Gasteiger partial charge >= 0.3 is 0 Å². The van der Waals surface area contributed by atoms with Crippen LogP contribution in [0.25, 0.3) is 6.08 Å². The molecule has 1 rings (SSSR count). The number of carbonyl (C=O) groups excluding carboxylic acids is 1. The Labute approximate surface area is 100 Å². The van der Waals surface area contributed by atoms with Gasteiger partial charge in [-0.2, -0.15) is 0 Å². The SMILES string of the molecule is NC(=O)C=CC=Cc1ccc(CCCl)cc1. The number of hydrogen-bond acceptors (Lipinski definition) is 1. The van der Waals surface area contributed by atoms with E-state index in [1.165, 1.54) is 11.6 Å². The first kappa shape index (κ1) is 12.5. The highest BCUT2D eigenvalue weighted by molar-refractivity contribution is 6.17. The lowest BCUT2D eigenvalue weighted by Gasteiger charge is -1.97. The molecule has 84 valence electrons. The first-order chi connectivity index (χ1) is 7.72. The van der Waals surface area contributed by atoms with Crippen LogP contribution in [0.1, 0.15) is 11.1 Å². The normalized spacial score (nSPS) is 11.3. The van der Waals surface area contributed by atoms with Gasteiger partial charge in [0, 0.05) is 12.0 Å². The van der Waals surface area contributed by atoms with Crippen molar-refractivity contribution < 1.29 is 4.79 Å². The zero-order valence-corrected chi connectivity index (χ0v) is 9.65. The molecule has 0 heterocycles. The van der Waals surface area contributed by atoms with E-state index >= 15 is 0 Å². The Bertz CT molecular complexity index is 393. The minimum absolute atomic E-state index is 0.442. The van der Waals surface area contributed by atoms with Crippen LogP contribution in [-0.2, 0) is 11.2 Å². The lowest BCUT2D eigenvalue weighted by atomic mass is 10.1. The zero-order valence-electron chi connectivity index (χ0n) is 8.90. The fraction of sp³-hybridized carbons (Fsp3) is 0.154. The summed E-state index contributed by atoms with van der Waals surface area (Å²) in [6, 6.07) is 8.10. The summed E-state index contributed by atoms with van der Waals surface area (Å²) >= 11 is 5.64. The van der Waals surface area contributed by atoms with Crippen LogP contribution in [0.5, 0.6) is 0 Å². The highest BCUT2D eigenvalue weighted by Gasteiger charge is 1.90. The Kier molecular flexibility index (Phi) is 5.37. The first-order valence-corrected chi connectivity index (χ1v) is 5.55. The molecule has 0 atom stereocenters. The van der Waals surface area contributed by atoms with Gasteiger partial charge in [-0.25, -0.2) is 0 Å². The van der Waals surface area contributed by atoms with Gasteiger partial charge in [0.05, 0.1) is 0 Å². The third-order valence-corrected chi connectivity index (χ3v) is 2.21. The molecular formula is C13H14ClNO. The van der Waals surface area contributed by atoms with Crippen LogP contribution in [0.4, 0.5) is 0 Å². The summed E-state index contributed by atoms with van der Waals surface area (Å²) in [5.41, 5.74) is 7.25. The molecule has 0 aliphatic carbocycles. The van der Waals surface area contributed by atoms with E-state index in [0.717, 1.165) is 12.0 Å². The highest BCUT2D eigenvalue weighted by atomic mass is 35.5. The van der Waals surface area contributed by atoms with E-state index in [1.54, 1.807) is 12.2 Å². The molecule has 0 aromatic heterocycles. The maximum absolute atomic E-state index is 10.4. The Balaban J connectivity index is 2.58. The molecule has 0 aliphatic rings. The van der Waals surface area contributed by atoms with Crippen molar-refractivity contribution in [1.29, 1.82) is 0 Å². The van der Waals surface area contributed by atoms with Gasteiger partial charge in [0.2, 0.25) is 5.91 Å². The van der Waals surface area contributed by atoms with Crippen molar-refractivity contribution in [3.63, 3.8) is 0 Å². The van der Waals surface area contributed by atoms with E-state index < -0.39 is 5.91 Å². The minimum atomic E-state index is -0.442. The summed E-state index contributed by atoms with van der Waals surface area (Å²) < 4.78 is 0. The molecule has 16 heavy (non-hydrogen) atoms. The maximum atomic E-state index is 10.4. The largest absolute Gasteiger partial charge is 0.366 e. The summed E-state index contributed by atoms with van der Waals surface area (Å²) in [5.74, 6) is 0.193. The van der Waals surface area contributed by atoms with Crippen LogP contribution in [0.3, 0.4) is 0 Å². The molecule has 2 N–H and O–H groups in total. The molecular weight excluding hydrogens is 222 g/mol. The van der Waals surface area contributed by atoms with Crippen LogP contribution >= 0.6 is 11.6 Å². The predicted octanol–water partition coefficient (Wildman–Crippen LogP) is 2.52. The summed E-state index contributed by atoms with van der Waals surface area (Å²) in [5, 5.41) is 0. The van der Waals surface area contributed by atoms with Crippen LogP contribution in [0.15, 0.2) is 42.5 Å². The van der Waals surface area contributed by atoms with Crippen LogP contribution in [0.2, 0.25) is 0 Å². The highest BCUT2D eigenvalue weighted by Crippen LogP contribution is 2.07. The van der Waals surface area contributed by atoms with Gasteiger partial charge in [-0.1, -0.05) is 42.5 Å². The quantitative estimate of drug-likeness (QED) is 0.476. The van der Waals surface area contributed by atoms with Crippen LogP contribution in [0, 0.1) is 0 Å². The summed E-state index contributed by atoms with van der Waals surface area (Å²) in [6.45, 7) is 0. The monoisotopic (exact) mass is 235 g/mol. The number of carbonyl (C=O) groups is 1. The average Bonchev–Trinajstić information content (AvgIpc) is 2.27. The van der Waals surface area contributed by atoms with Gasteiger partial charge in [-0.3, -0.25) is 4.79 Å². The van der Waals surface area contributed by atoms with Gasteiger partial charge in [-0.05, 0) is 17.5 Å². The molecule has 0 saturated carbocycles. The van der Waals surface area contributed by atoms with Crippen molar-refractivity contribution in [3.05, 3.63) is 53.6 Å². The lowest BCUT2D eigenvalue weighted by molar-refractivity contribution is -0.113. The van der Waals surface area contributed by atoms with Crippen LogP contribution < -0.4 is 5.73 Å². The lowest BCUT2D eigenvalue weighted by Crippen LogP contribution is -2.04. The van der Waals surface area contributed by atoms with Gasteiger partial charge in [0.25, 0.3) is 0 Å². The van der Waals surface area contributed by atoms with Crippen molar-refractivity contribution in [1.82, 2.24) is 0 Å². The average molecular weight is 236 g/mol. The predicted molar refractivity (Wildman–Crippen MR) is 68.2 cm³/mol. The number of benzene rings is 1. The maximum Gasteiger partial charge on any atom is 0.241 e. The molecule has 1 aromatic carbocycles. The van der Waals surface area contributed by atoms with Gasteiger partial charge < -0.3 is 5.73 Å². The summed E-state index contributed by atoms with van der Waals surface area (Å²) in [6.07, 6.45) is 7.51. The molecule has 0 fully saturated rings. The van der Waals surface area contributed by atoms with Gasteiger partial charge in [0.1, 0.15) is 0 Å². The van der Waals surface area contributed by atoms with Crippen molar-refractivity contribution >= 4 is 23.6 Å². The van der Waals surface area contributed by atoms with E-state index in [9.17, 15) is 4.79 Å². The van der Waals surface area contributed by atoms with E-state index in [-0.39, 0.29) is 0 Å². The third-order valence-electron chi connectivity index (χ3n) is 2.02. The van der Waals surface area contributed by atoms with Crippen LogP contribution in [-0.4, -0.2) is 11.8 Å². The molecule has 1 amide bonds.